The quantitative estimate of drug-likeness (QED) is 0.188. The summed E-state index contributed by atoms with van der Waals surface area (Å²) in [6.45, 7) is 5.87. The molecule has 1 heteroatoms. The zero-order valence-corrected chi connectivity index (χ0v) is 23.3. The number of hydrogen-bond donors (Lipinski definition) is 1. The van der Waals surface area contributed by atoms with Gasteiger partial charge in [0.15, 0.2) is 0 Å². The molecule has 5 aromatic rings. The Morgan fingerprint density at radius 2 is 1.22 bits per heavy atom. The van der Waals surface area contributed by atoms with Gasteiger partial charge in [0, 0.05) is 13.1 Å². The fourth-order valence-corrected chi connectivity index (χ4v) is 6.13. The minimum atomic E-state index is -0.311. The van der Waals surface area contributed by atoms with Crippen molar-refractivity contribution in [3.63, 3.8) is 0 Å². The van der Waals surface area contributed by atoms with Crippen molar-refractivity contribution in [2.24, 2.45) is 0 Å². The van der Waals surface area contributed by atoms with E-state index in [1.54, 1.807) is 0 Å². The number of hydrogen-bond acceptors (Lipinski definition) is 1. The van der Waals surface area contributed by atoms with Crippen molar-refractivity contribution in [1.29, 1.82) is 0 Å². The Morgan fingerprint density at radius 3 is 1.88 bits per heavy atom. The zero-order chi connectivity index (χ0) is 27.9. The molecule has 1 aliphatic carbocycles. The van der Waals surface area contributed by atoms with Gasteiger partial charge in [0.25, 0.3) is 0 Å². The summed E-state index contributed by atoms with van der Waals surface area (Å²) in [6.07, 6.45) is 7.56. The van der Waals surface area contributed by atoms with Crippen LogP contribution in [-0.2, 0) is 18.4 Å². The lowest BCUT2D eigenvalue weighted by Crippen LogP contribution is -2.28. The highest BCUT2D eigenvalue weighted by atomic mass is 14.8. The van der Waals surface area contributed by atoms with Gasteiger partial charge in [-0.3, -0.25) is 0 Å². The molecule has 0 atom stereocenters. The Kier molecular flexibility index (Phi) is 7.89. The highest BCUT2D eigenvalue weighted by Gasteiger charge is 2.45. The molecule has 0 aromatic heterocycles. The molecule has 0 bridgehead atoms. The first-order chi connectivity index (χ1) is 20.2. The van der Waals surface area contributed by atoms with Crippen LogP contribution in [0.15, 0.2) is 175 Å². The summed E-state index contributed by atoms with van der Waals surface area (Å²) in [7, 11) is 0. The van der Waals surface area contributed by atoms with Gasteiger partial charge in [-0.25, -0.2) is 0 Å². The van der Waals surface area contributed by atoms with Crippen LogP contribution in [0.3, 0.4) is 0 Å². The maximum Gasteiger partial charge on any atom is 0.0670 e. The second-order valence-electron chi connectivity index (χ2n) is 10.7. The van der Waals surface area contributed by atoms with Crippen molar-refractivity contribution >= 4 is 0 Å². The number of nitrogens with one attached hydrogen (secondary N) is 1. The van der Waals surface area contributed by atoms with E-state index in [0.29, 0.717) is 0 Å². The molecule has 0 saturated heterocycles. The molecular weight excluding hydrogens is 494 g/mol. The van der Waals surface area contributed by atoms with Crippen LogP contribution >= 0.6 is 0 Å². The van der Waals surface area contributed by atoms with Gasteiger partial charge in [-0.2, -0.15) is 0 Å². The first-order valence-electron chi connectivity index (χ1n) is 14.3. The number of rotatable bonds is 9. The lowest BCUT2D eigenvalue weighted by Gasteiger charge is -2.34. The monoisotopic (exact) mass is 529 g/mol. The fraction of sp³-hybridized carbons (Fsp3) is 0.100. The lowest BCUT2D eigenvalue weighted by atomic mass is 9.68. The molecule has 0 aliphatic heterocycles. The van der Waals surface area contributed by atoms with E-state index in [2.05, 4.69) is 170 Å². The van der Waals surface area contributed by atoms with E-state index in [1.807, 2.05) is 0 Å². The summed E-state index contributed by atoms with van der Waals surface area (Å²) in [4.78, 5) is 0. The molecule has 1 aliphatic rings. The normalized spacial score (nSPS) is 14.8. The van der Waals surface area contributed by atoms with Crippen molar-refractivity contribution in [3.05, 3.63) is 203 Å². The van der Waals surface area contributed by atoms with Gasteiger partial charge < -0.3 is 5.32 Å². The maximum atomic E-state index is 4.32. The topological polar surface area (TPSA) is 12.0 Å². The summed E-state index contributed by atoms with van der Waals surface area (Å²) < 4.78 is 0. The Labute approximate surface area is 244 Å². The number of allylic oxidation sites excluding steroid dienone is 3. The summed E-state index contributed by atoms with van der Waals surface area (Å²) in [5.41, 5.74) is 11.2. The molecular formula is C40H35N. The number of benzene rings is 5. The highest BCUT2D eigenvalue weighted by Crippen LogP contribution is 2.52. The Bertz CT molecular complexity index is 1620. The third-order valence-electron chi connectivity index (χ3n) is 8.07. The van der Waals surface area contributed by atoms with E-state index >= 15 is 0 Å². The molecule has 0 saturated carbocycles. The molecule has 0 unspecified atom stereocenters. The average molecular weight is 530 g/mol. The summed E-state index contributed by atoms with van der Waals surface area (Å²) in [5, 5.41) is 3.55. The second-order valence-corrected chi connectivity index (χ2v) is 10.7. The molecule has 200 valence electrons. The lowest BCUT2D eigenvalue weighted by molar-refractivity contribution is 0.746. The van der Waals surface area contributed by atoms with Gasteiger partial charge in [0.05, 0.1) is 5.41 Å². The summed E-state index contributed by atoms with van der Waals surface area (Å²) in [5.74, 6) is 0. The molecule has 0 fully saturated rings. The molecule has 0 radical (unpaired) electrons. The number of fused-ring (bicyclic) bond motifs is 1. The van der Waals surface area contributed by atoms with Crippen LogP contribution in [0.25, 0.3) is 11.1 Å². The minimum Gasteiger partial charge on any atom is -0.309 e. The van der Waals surface area contributed by atoms with Crippen molar-refractivity contribution in [2.75, 3.05) is 6.54 Å². The Balaban J connectivity index is 1.19. The molecule has 0 amide bonds. The Hall–Kier alpha value is -4.72. The molecule has 0 heterocycles. The van der Waals surface area contributed by atoms with E-state index in [0.717, 1.165) is 25.1 Å². The van der Waals surface area contributed by atoms with Crippen LogP contribution < -0.4 is 5.32 Å². The predicted molar refractivity (Wildman–Crippen MR) is 173 cm³/mol. The molecule has 1 N–H and O–H groups in total. The van der Waals surface area contributed by atoms with E-state index in [4.69, 9.17) is 0 Å². The van der Waals surface area contributed by atoms with E-state index < -0.39 is 0 Å². The van der Waals surface area contributed by atoms with Gasteiger partial charge in [0.1, 0.15) is 0 Å². The van der Waals surface area contributed by atoms with Gasteiger partial charge >= 0.3 is 0 Å². The van der Waals surface area contributed by atoms with E-state index in [1.165, 1.54) is 44.5 Å². The third-order valence-corrected chi connectivity index (χ3v) is 8.07. The van der Waals surface area contributed by atoms with Crippen LogP contribution in [0.1, 0.15) is 27.8 Å². The molecule has 41 heavy (non-hydrogen) atoms. The van der Waals surface area contributed by atoms with Crippen LogP contribution in [-0.4, -0.2) is 6.54 Å². The van der Waals surface area contributed by atoms with Gasteiger partial charge in [-0.05, 0) is 56.5 Å². The van der Waals surface area contributed by atoms with Crippen LogP contribution in [0.4, 0.5) is 0 Å². The first kappa shape index (κ1) is 26.5. The molecule has 5 aromatic carbocycles. The summed E-state index contributed by atoms with van der Waals surface area (Å²) in [6, 6.07) is 50.0. The van der Waals surface area contributed by atoms with Crippen molar-refractivity contribution in [2.45, 2.75) is 18.4 Å². The van der Waals surface area contributed by atoms with Crippen molar-refractivity contribution < 1.29 is 0 Å². The molecule has 1 nitrogen and oxygen atoms in total. The van der Waals surface area contributed by atoms with Crippen LogP contribution in [0.2, 0.25) is 0 Å². The van der Waals surface area contributed by atoms with Crippen molar-refractivity contribution in [3.8, 4) is 11.1 Å². The van der Waals surface area contributed by atoms with Crippen molar-refractivity contribution in [1.82, 2.24) is 5.32 Å². The van der Waals surface area contributed by atoms with Gasteiger partial charge in [0.2, 0.25) is 0 Å². The predicted octanol–water partition coefficient (Wildman–Crippen LogP) is 9.07. The van der Waals surface area contributed by atoms with Gasteiger partial charge in [-0.1, -0.05) is 164 Å². The second kappa shape index (κ2) is 12.2. The Morgan fingerprint density at radius 1 is 0.659 bits per heavy atom. The van der Waals surface area contributed by atoms with E-state index in [-0.39, 0.29) is 5.41 Å². The minimum absolute atomic E-state index is 0.311. The SMILES string of the molecule is C=C(/C=C\C=C1/Cc2ccccc2C1(c1ccccc1)c1ccccc1)CNCc1ccc(-c2ccccc2)cc1. The maximum absolute atomic E-state index is 4.32. The van der Waals surface area contributed by atoms with Gasteiger partial charge in [-0.15, -0.1) is 0 Å². The zero-order valence-electron chi connectivity index (χ0n) is 23.3. The summed E-state index contributed by atoms with van der Waals surface area (Å²) >= 11 is 0. The molecule has 6 rings (SSSR count). The van der Waals surface area contributed by atoms with Crippen LogP contribution in [0, 0.1) is 0 Å². The molecule has 0 spiro atoms. The highest BCUT2D eigenvalue weighted by molar-refractivity contribution is 5.66. The van der Waals surface area contributed by atoms with Crippen LogP contribution in [0.5, 0.6) is 0 Å². The van der Waals surface area contributed by atoms with E-state index in [9.17, 15) is 0 Å². The third kappa shape index (κ3) is 5.50. The average Bonchev–Trinajstić information content (AvgIpc) is 3.37. The first-order valence-corrected chi connectivity index (χ1v) is 14.3. The fourth-order valence-electron chi connectivity index (χ4n) is 6.13. The standard InChI is InChI=1S/C40H35N/c1-31(29-41-30-32-24-26-34(27-25-32)33-15-5-2-6-16-33)14-13-22-38-28-35-17-11-12-23-39(35)40(38,36-18-7-3-8-19-36)37-20-9-4-10-21-37/h2-27,41H,1,28-30H2/b14-13-,38-22+. The smallest absolute Gasteiger partial charge is 0.0670 e. The largest absolute Gasteiger partial charge is 0.309 e.